The summed E-state index contributed by atoms with van der Waals surface area (Å²) in [5, 5.41) is 0. The smallest absolute Gasteiger partial charge is 0.212 e. The third-order valence-electron chi connectivity index (χ3n) is 2.53. The van der Waals surface area contributed by atoms with Gasteiger partial charge in [0.1, 0.15) is 0 Å². The van der Waals surface area contributed by atoms with Crippen LogP contribution in [0.3, 0.4) is 0 Å². The Kier molecular flexibility index (Phi) is 3.71. The van der Waals surface area contributed by atoms with Gasteiger partial charge in [0.2, 0.25) is 10.0 Å². The van der Waals surface area contributed by atoms with Crippen LogP contribution >= 0.6 is 0 Å². The maximum Gasteiger partial charge on any atom is 0.218 e. The second-order valence-electron chi connectivity index (χ2n) is 5.42. The molecule has 1 N–H and O–H groups in total. The first-order valence-corrected chi connectivity index (χ1v) is 7.20. The summed E-state index contributed by atoms with van der Waals surface area (Å²) in [5.74, 6) is 5.90. The van der Waals surface area contributed by atoms with Crippen molar-refractivity contribution in [1.29, 1.82) is 0 Å². The number of sulfonamides is 1. The molecule has 0 atom stereocenters. The van der Waals surface area contributed by atoms with Gasteiger partial charge in [-0.1, -0.05) is 6.92 Å². The summed E-state index contributed by atoms with van der Waals surface area (Å²) in [6.07, 6.45) is 2.71. The van der Waals surface area contributed by atoms with E-state index in [0.29, 0.717) is 6.42 Å². The Balaban J connectivity index is 2.76. The van der Waals surface area contributed by atoms with Gasteiger partial charge in [-0.05, 0) is 33.6 Å². The SMILES string of the molecule is CCC#CCC1(S(=O)(=O)NC(C)(C)C)CC1. The molecule has 0 radical (unpaired) electrons. The molecule has 1 rings (SSSR count). The van der Waals surface area contributed by atoms with Crippen molar-refractivity contribution in [2.75, 3.05) is 0 Å². The highest BCUT2D eigenvalue weighted by Gasteiger charge is 2.54. The van der Waals surface area contributed by atoms with Gasteiger partial charge in [0, 0.05) is 18.4 Å². The molecule has 0 heterocycles. The summed E-state index contributed by atoms with van der Waals surface area (Å²) in [4.78, 5) is 0. The van der Waals surface area contributed by atoms with Crippen LogP contribution in [0.15, 0.2) is 0 Å². The van der Waals surface area contributed by atoms with Crippen molar-refractivity contribution >= 4 is 10.0 Å². The molecule has 1 fully saturated rings. The Morgan fingerprint density at radius 3 is 2.19 bits per heavy atom. The number of hydrogen-bond donors (Lipinski definition) is 1. The lowest BCUT2D eigenvalue weighted by molar-refractivity contribution is 0.482. The van der Waals surface area contributed by atoms with Gasteiger partial charge in [0.25, 0.3) is 0 Å². The zero-order valence-corrected chi connectivity index (χ0v) is 11.4. The van der Waals surface area contributed by atoms with Crippen molar-refractivity contribution in [3.63, 3.8) is 0 Å². The van der Waals surface area contributed by atoms with Gasteiger partial charge in [-0.25, -0.2) is 13.1 Å². The molecule has 0 bridgehead atoms. The molecular formula is C12H21NO2S. The minimum absolute atomic E-state index is 0.410. The fourth-order valence-electron chi connectivity index (χ4n) is 1.54. The Morgan fingerprint density at radius 1 is 1.25 bits per heavy atom. The quantitative estimate of drug-likeness (QED) is 0.771. The van der Waals surface area contributed by atoms with Crippen molar-refractivity contribution in [1.82, 2.24) is 4.72 Å². The standard InChI is InChI=1S/C12H21NO2S/c1-5-6-7-8-12(9-10-12)16(14,15)13-11(2,3)4/h13H,5,8-10H2,1-4H3. The zero-order valence-electron chi connectivity index (χ0n) is 10.6. The first kappa shape index (κ1) is 13.5. The van der Waals surface area contributed by atoms with E-state index in [0.717, 1.165) is 19.3 Å². The van der Waals surface area contributed by atoms with Crippen LogP contribution in [0.4, 0.5) is 0 Å². The van der Waals surface area contributed by atoms with E-state index in [2.05, 4.69) is 16.6 Å². The van der Waals surface area contributed by atoms with E-state index in [4.69, 9.17) is 0 Å². The van der Waals surface area contributed by atoms with Crippen molar-refractivity contribution in [3.05, 3.63) is 0 Å². The highest BCUT2D eigenvalue weighted by molar-refractivity contribution is 7.91. The maximum absolute atomic E-state index is 12.1. The molecule has 1 saturated carbocycles. The summed E-state index contributed by atoms with van der Waals surface area (Å²) in [7, 11) is -3.24. The monoisotopic (exact) mass is 243 g/mol. The molecule has 4 heteroatoms. The number of nitrogens with one attached hydrogen (secondary N) is 1. The predicted molar refractivity (Wildman–Crippen MR) is 66.5 cm³/mol. The minimum atomic E-state index is -3.24. The van der Waals surface area contributed by atoms with Gasteiger partial charge < -0.3 is 0 Å². The van der Waals surface area contributed by atoms with E-state index in [9.17, 15) is 8.42 Å². The van der Waals surface area contributed by atoms with Crippen molar-refractivity contribution in [3.8, 4) is 11.8 Å². The van der Waals surface area contributed by atoms with Gasteiger partial charge in [-0.15, -0.1) is 11.8 Å². The molecular weight excluding hydrogens is 222 g/mol. The predicted octanol–water partition coefficient (Wildman–Crippen LogP) is 2.04. The second-order valence-corrected chi connectivity index (χ2v) is 7.50. The lowest BCUT2D eigenvalue weighted by Gasteiger charge is -2.24. The first-order chi connectivity index (χ1) is 7.22. The fraction of sp³-hybridized carbons (Fsp3) is 0.833. The summed E-state index contributed by atoms with van der Waals surface area (Å²) < 4.78 is 26.4. The molecule has 3 nitrogen and oxygen atoms in total. The van der Waals surface area contributed by atoms with Crippen LogP contribution < -0.4 is 4.72 Å². The average Bonchev–Trinajstić information content (AvgIpc) is 2.81. The molecule has 0 aliphatic heterocycles. The lowest BCUT2D eigenvalue weighted by Crippen LogP contribution is -2.46. The molecule has 1 aliphatic rings. The molecule has 0 unspecified atom stereocenters. The van der Waals surface area contributed by atoms with Crippen LogP contribution in [0.25, 0.3) is 0 Å². The van der Waals surface area contributed by atoms with Crippen LogP contribution in [0.2, 0.25) is 0 Å². The third kappa shape index (κ3) is 3.23. The van der Waals surface area contributed by atoms with E-state index in [1.165, 1.54) is 0 Å². The van der Waals surface area contributed by atoms with Gasteiger partial charge in [0.05, 0.1) is 4.75 Å². The van der Waals surface area contributed by atoms with Gasteiger partial charge in [-0.3, -0.25) is 0 Å². The largest absolute Gasteiger partial charge is 0.218 e. The minimum Gasteiger partial charge on any atom is -0.212 e. The van der Waals surface area contributed by atoms with Gasteiger partial charge >= 0.3 is 0 Å². The van der Waals surface area contributed by atoms with Crippen LogP contribution in [-0.2, 0) is 10.0 Å². The van der Waals surface area contributed by atoms with Crippen LogP contribution in [0.5, 0.6) is 0 Å². The Bertz CT molecular complexity index is 403. The number of rotatable bonds is 3. The maximum atomic E-state index is 12.1. The molecule has 0 aromatic heterocycles. The van der Waals surface area contributed by atoms with Crippen molar-refractivity contribution in [2.24, 2.45) is 0 Å². The summed E-state index contributed by atoms with van der Waals surface area (Å²) in [6.45, 7) is 7.55. The van der Waals surface area contributed by atoms with E-state index in [1.54, 1.807) is 0 Å². The lowest BCUT2D eigenvalue weighted by atomic mass is 10.1. The van der Waals surface area contributed by atoms with Crippen LogP contribution in [0.1, 0.15) is 53.4 Å². The molecule has 0 aromatic carbocycles. The summed E-state index contributed by atoms with van der Waals surface area (Å²) >= 11 is 0. The molecule has 0 saturated heterocycles. The van der Waals surface area contributed by atoms with E-state index >= 15 is 0 Å². The highest BCUT2D eigenvalue weighted by atomic mass is 32.2. The fourth-order valence-corrected chi connectivity index (χ4v) is 3.46. The summed E-state index contributed by atoms with van der Waals surface area (Å²) in [5.41, 5.74) is -0.410. The topological polar surface area (TPSA) is 46.2 Å². The Morgan fingerprint density at radius 2 is 1.81 bits per heavy atom. The first-order valence-electron chi connectivity index (χ1n) is 5.72. The van der Waals surface area contributed by atoms with E-state index in [1.807, 2.05) is 27.7 Å². The number of hydrogen-bond acceptors (Lipinski definition) is 2. The molecule has 92 valence electrons. The van der Waals surface area contributed by atoms with Crippen LogP contribution in [-0.4, -0.2) is 18.7 Å². The second kappa shape index (κ2) is 4.38. The van der Waals surface area contributed by atoms with Gasteiger partial charge in [0.15, 0.2) is 0 Å². The molecule has 0 spiro atoms. The third-order valence-corrected chi connectivity index (χ3v) is 5.10. The molecule has 16 heavy (non-hydrogen) atoms. The Hall–Kier alpha value is -0.530. The van der Waals surface area contributed by atoms with Crippen LogP contribution in [0, 0.1) is 11.8 Å². The Labute approximate surface area is 99.1 Å². The van der Waals surface area contributed by atoms with E-state index < -0.39 is 20.3 Å². The molecule has 0 amide bonds. The zero-order chi connectivity index (χ0) is 12.4. The van der Waals surface area contributed by atoms with Crippen molar-refractivity contribution in [2.45, 2.75) is 63.7 Å². The normalized spacial score (nSPS) is 18.8. The highest BCUT2D eigenvalue weighted by Crippen LogP contribution is 2.46. The molecule has 0 aromatic rings. The molecule has 1 aliphatic carbocycles. The van der Waals surface area contributed by atoms with E-state index in [-0.39, 0.29) is 0 Å². The average molecular weight is 243 g/mol. The summed E-state index contributed by atoms with van der Waals surface area (Å²) in [6, 6.07) is 0. The van der Waals surface area contributed by atoms with Crippen molar-refractivity contribution < 1.29 is 8.42 Å². The van der Waals surface area contributed by atoms with Gasteiger partial charge in [-0.2, -0.15) is 0 Å².